The lowest BCUT2D eigenvalue weighted by molar-refractivity contribution is -0.379. The zero-order valence-corrected chi connectivity index (χ0v) is 16.3. The summed E-state index contributed by atoms with van der Waals surface area (Å²) in [6.45, 7) is 0. The number of hydrogen-bond donors (Lipinski definition) is 2. The molecule has 0 radical (unpaired) electrons. The fourth-order valence-corrected chi connectivity index (χ4v) is 4.39. The molecule has 0 aliphatic heterocycles. The first-order valence-corrected chi connectivity index (χ1v) is 12.2. The Balaban J connectivity index is 3.53. The molecule has 18 nitrogen and oxygen atoms in total. The lowest BCUT2D eigenvalue weighted by atomic mass is 9.85. The molecule has 0 aromatic carbocycles. The molecule has 0 bridgehead atoms. The Labute approximate surface area is 154 Å². The lowest BCUT2D eigenvalue weighted by Gasteiger charge is -2.53. The van der Waals surface area contributed by atoms with Crippen molar-refractivity contribution < 1.29 is 85.7 Å². The van der Waals surface area contributed by atoms with Crippen molar-refractivity contribution in [2.75, 3.05) is 0 Å². The molecular formula is C6H8O18P4-8. The van der Waals surface area contributed by atoms with E-state index in [0.717, 1.165) is 0 Å². The molecule has 168 valence electrons. The second-order valence-corrected chi connectivity index (χ2v) is 9.47. The second kappa shape index (κ2) is 8.85. The van der Waals surface area contributed by atoms with Crippen molar-refractivity contribution in [3.63, 3.8) is 0 Å². The molecular weight excluding hydrogens is 484 g/mol. The van der Waals surface area contributed by atoms with Crippen molar-refractivity contribution in [1.29, 1.82) is 0 Å². The first-order valence-electron chi connectivity index (χ1n) is 6.38. The van der Waals surface area contributed by atoms with Crippen LogP contribution in [0.1, 0.15) is 0 Å². The van der Waals surface area contributed by atoms with Gasteiger partial charge in [-0.1, -0.05) is 0 Å². The molecule has 0 heterocycles. The van der Waals surface area contributed by atoms with Gasteiger partial charge in [-0.15, -0.1) is 0 Å². The maximum absolute atomic E-state index is 10.8. The predicted octanol–water partition coefficient (Wildman–Crippen LogP) is -8.42. The highest BCUT2D eigenvalue weighted by Crippen LogP contribution is 2.46. The molecule has 0 saturated heterocycles. The van der Waals surface area contributed by atoms with Gasteiger partial charge in [0.05, 0.1) is 31.3 Å². The second-order valence-electron chi connectivity index (χ2n) is 5.05. The largest absolute Gasteiger partial charge is 0.790 e. The molecule has 1 aliphatic rings. The topological polar surface area (TPSA) is 330 Å². The van der Waals surface area contributed by atoms with E-state index in [1.54, 1.807) is 0 Å². The van der Waals surface area contributed by atoms with Gasteiger partial charge in [0.2, 0.25) is 0 Å². The van der Waals surface area contributed by atoms with Crippen LogP contribution >= 0.6 is 31.3 Å². The fourth-order valence-electron chi connectivity index (χ4n) is 2.23. The zero-order chi connectivity index (χ0) is 22.3. The number of phosphoric acid groups is 4. The highest BCUT2D eigenvalue weighted by Gasteiger charge is 2.54. The van der Waals surface area contributed by atoms with E-state index in [0.29, 0.717) is 0 Å². The van der Waals surface area contributed by atoms with Crippen LogP contribution in [-0.2, 0) is 36.4 Å². The van der Waals surface area contributed by atoms with E-state index in [1.807, 2.05) is 0 Å². The van der Waals surface area contributed by atoms with Gasteiger partial charge in [-0.2, -0.15) is 0 Å². The number of hydrogen-bond acceptors (Lipinski definition) is 18. The van der Waals surface area contributed by atoms with E-state index >= 15 is 0 Å². The van der Waals surface area contributed by atoms with Gasteiger partial charge in [-0.25, -0.2) is 0 Å². The van der Waals surface area contributed by atoms with Crippen LogP contribution in [-0.4, -0.2) is 46.8 Å². The zero-order valence-electron chi connectivity index (χ0n) is 12.7. The van der Waals surface area contributed by atoms with Gasteiger partial charge in [0.1, 0.15) is 36.6 Å². The van der Waals surface area contributed by atoms with Crippen molar-refractivity contribution >= 4 is 31.3 Å². The van der Waals surface area contributed by atoms with Gasteiger partial charge in [0.15, 0.2) is 0 Å². The van der Waals surface area contributed by atoms with Crippen molar-refractivity contribution in [3.8, 4) is 0 Å². The Kier molecular flexibility index (Phi) is 8.34. The van der Waals surface area contributed by atoms with E-state index in [-0.39, 0.29) is 0 Å². The standard InChI is InChI=1S/C6H16O18P4/c7-1-2(8)4(22-26(12,13)14)6(24-28(18,19)20)5(23-27(15,16)17)3(1)21-25(9,10)11/h1-8H,(H2,9,10,11)(H2,12,13,14)(H2,15,16,17)(H2,18,19,20)/p-8/t1-,2+,3-,4-,5+,6+/m1/s1. The van der Waals surface area contributed by atoms with E-state index in [1.165, 1.54) is 0 Å². The molecule has 1 saturated carbocycles. The molecule has 1 aliphatic carbocycles. The molecule has 1 rings (SSSR count). The Morgan fingerprint density at radius 3 is 0.821 bits per heavy atom. The monoisotopic (exact) mass is 492 g/mol. The van der Waals surface area contributed by atoms with E-state index in [4.69, 9.17) is 0 Å². The number of phosphoric ester groups is 4. The normalized spacial score (nSPS) is 33.1. The van der Waals surface area contributed by atoms with E-state index < -0.39 is 67.9 Å². The summed E-state index contributed by atoms with van der Waals surface area (Å²) < 4.78 is 58.0. The summed E-state index contributed by atoms with van der Waals surface area (Å²) in [5, 5.41) is 19.5. The summed E-state index contributed by atoms with van der Waals surface area (Å²) in [5.41, 5.74) is 0. The summed E-state index contributed by atoms with van der Waals surface area (Å²) in [7, 11) is -24.9. The van der Waals surface area contributed by atoms with Crippen LogP contribution in [0.15, 0.2) is 0 Å². The molecule has 2 N–H and O–H groups in total. The average Bonchev–Trinajstić information content (AvgIpc) is 2.39. The third kappa shape index (κ3) is 8.62. The predicted molar refractivity (Wildman–Crippen MR) is 61.9 cm³/mol. The van der Waals surface area contributed by atoms with Gasteiger partial charge in [-0.3, -0.25) is 0 Å². The fraction of sp³-hybridized carbons (Fsp3) is 1.00. The minimum absolute atomic E-state index is 2.83. The quantitative estimate of drug-likeness (QED) is 0.297. The van der Waals surface area contributed by atoms with Crippen LogP contribution in [0, 0.1) is 0 Å². The van der Waals surface area contributed by atoms with Gasteiger partial charge < -0.3 is 85.7 Å². The maximum atomic E-state index is 10.8. The molecule has 0 spiro atoms. The van der Waals surface area contributed by atoms with Crippen LogP contribution in [0.25, 0.3) is 0 Å². The van der Waals surface area contributed by atoms with E-state index in [2.05, 4.69) is 18.1 Å². The third-order valence-corrected chi connectivity index (χ3v) is 5.00. The number of aliphatic hydroxyl groups is 2. The van der Waals surface area contributed by atoms with Crippen molar-refractivity contribution in [2.24, 2.45) is 0 Å². The molecule has 1 fully saturated rings. The van der Waals surface area contributed by atoms with Crippen LogP contribution < -0.4 is 39.1 Å². The first kappa shape index (κ1) is 26.4. The Morgan fingerprint density at radius 2 is 0.643 bits per heavy atom. The number of aliphatic hydroxyl groups excluding tert-OH is 2. The molecule has 0 aromatic rings. The molecule has 0 unspecified atom stereocenters. The van der Waals surface area contributed by atoms with Gasteiger partial charge in [0.25, 0.3) is 0 Å². The lowest BCUT2D eigenvalue weighted by Crippen LogP contribution is -2.66. The first-order chi connectivity index (χ1) is 12.2. The smallest absolute Gasteiger partial charge is 0.121 e. The van der Waals surface area contributed by atoms with Gasteiger partial charge in [-0.05, 0) is 0 Å². The van der Waals surface area contributed by atoms with Crippen molar-refractivity contribution in [1.82, 2.24) is 0 Å². The Bertz CT molecular complexity index is 664. The molecule has 6 atom stereocenters. The highest BCUT2D eigenvalue weighted by atomic mass is 31.2. The van der Waals surface area contributed by atoms with Crippen molar-refractivity contribution in [2.45, 2.75) is 36.6 Å². The van der Waals surface area contributed by atoms with Gasteiger partial charge in [0, 0.05) is 0 Å². The molecule has 28 heavy (non-hydrogen) atoms. The average molecular weight is 492 g/mol. The minimum Gasteiger partial charge on any atom is -0.790 e. The molecule has 22 heteroatoms. The van der Waals surface area contributed by atoms with E-state index in [9.17, 15) is 67.6 Å². The third-order valence-electron chi connectivity index (χ3n) is 3.00. The Hall–Kier alpha value is 0.360. The SMILES string of the molecule is O=P([O-])([O-])O[C@@H]1[C@@H](OP(=O)([O-])[O-])[C@H](OP(=O)([O-])[O-])[C@@H](O)[C@@H](O)[C@H]1OP(=O)([O-])[O-]. The summed E-state index contributed by atoms with van der Waals surface area (Å²) in [4.78, 5) is 86.3. The van der Waals surface area contributed by atoms with Crippen LogP contribution in [0.4, 0.5) is 0 Å². The highest BCUT2D eigenvalue weighted by molar-refractivity contribution is 7.44. The summed E-state index contributed by atoms with van der Waals surface area (Å²) >= 11 is 0. The van der Waals surface area contributed by atoms with Crippen LogP contribution in [0.2, 0.25) is 0 Å². The minimum atomic E-state index is -6.28. The summed E-state index contributed by atoms with van der Waals surface area (Å²) in [6.07, 6.45) is -17.6. The Morgan fingerprint density at radius 1 is 0.464 bits per heavy atom. The van der Waals surface area contributed by atoms with Crippen LogP contribution in [0.5, 0.6) is 0 Å². The molecule has 0 aromatic heterocycles. The van der Waals surface area contributed by atoms with Crippen molar-refractivity contribution in [3.05, 3.63) is 0 Å². The summed E-state index contributed by atoms with van der Waals surface area (Å²) in [6, 6.07) is 0. The van der Waals surface area contributed by atoms with Crippen LogP contribution in [0.3, 0.4) is 0 Å². The van der Waals surface area contributed by atoms with Gasteiger partial charge >= 0.3 is 0 Å². The summed E-state index contributed by atoms with van der Waals surface area (Å²) in [5.74, 6) is 0. The maximum Gasteiger partial charge on any atom is 0.121 e. The molecule has 0 amide bonds. The number of rotatable bonds is 8.